The van der Waals surface area contributed by atoms with Gasteiger partial charge in [0.15, 0.2) is 0 Å². The summed E-state index contributed by atoms with van der Waals surface area (Å²) in [7, 11) is 0. The van der Waals surface area contributed by atoms with Crippen molar-refractivity contribution in [3.8, 4) is 0 Å². The number of amides is 1. The largest absolute Gasteiger partial charge is 0.398 e. The van der Waals surface area contributed by atoms with E-state index >= 15 is 0 Å². The number of anilines is 1. The van der Waals surface area contributed by atoms with Gasteiger partial charge in [-0.25, -0.2) is 4.39 Å². The first-order chi connectivity index (χ1) is 9.00. The lowest BCUT2D eigenvalue weighted by atomic mass is 9.85. The Labute approximate surface area is 111 Å². The van der Waals surface area contributed by atoms with Crippen molar-refractivity contribution in [3.05, 3.63) is 29.6 Å². The number of nitrogens with one attached hydrogen (secondary N) is 1. The van der Waals surface area contributed by atoms with Crippen LogP contribution >= 0.6 is 0 Å². The number of aliphatic hydroxyl groups is 1. The average molecular weight is 266 g/mol. The molecule has 0 saturated heterocycles. The molecule has 0 aromatic heterocycles. The number of rotatable bonds is 3. The van der Waals surface area contributed by atoms with E-state index < -0.39 is 11.4 Å². The van der Waals surface area contributed by atoms with Crippen molar-refractivity contribution < 1.29 is 14.3 Å². The van der Waals surface area contributed by atoms with Gasteiger partial charge in [-0.05, 0) is 31.0 Å². The first-order valence-corrected chi connectivity index (χ1v) is 6.56. The Hall–Kier alpha value is -1.62. The van der Waals surface area contributed by atoms with Crippen LogP contribution in [0.4, 0.5) is 10.1 Å². The summed E-state index contributed by atoms with van der Waals surface area (Å²) in [4.78, 5) is 11.9. The van der Waals surface area contributed by atoms with Crippen LogP contribution < -0.4 is 11.1 Å². The Balaban J connectivity index is 1.97. The maximum absolute atomic E-state index is 12.9. The van der Waals surface area contributed by atoms with E-state index in [1.807, 2.05) is 0 Å². The van der Waals surface area contributed by atoms with Gasteiger partial charge in [0.25, 0.3) is 5.91 Å². The molecular formula is C14H19FN2O2. The smallest absolute Gasteiger partial charge is 0.253 e. The maximum Gasteiger partial charge on any atom is 0.253 e. The van der Waals surface area contributed by atoms with Crippen LogP contribution in [0.3, 0.4) is 0 Å². The van der Waals surface area contributed by atoms with Crippen molar-refractivity contribution >= 4 is 11.6 Å². The van der Waals surface area contributed by atoms with E-state index in [2.05, 4.69) is 5.32 Å². The summed E-state index contributed by atoms with van der Waals surface area (Å²) in [5.74, 6) is -0.851. The quantitative estimate of drug-likeness (QED) is 0.731. The Morgan fingerprint density at radius 1 is 1.37 bits per heavy atom. The van der Waals surface area contributed by atoms with Crippen LogP contribution in [-0.4, -0.2) is 23.2 Å². The number of carbonyl (C=O) groups excluding carboxylic acids is 1. The minimum absolute atomic E-state index is 0.105. The van der Waals surface area contributed by atoms with E-state index in [9.17, 15) is 14.3 Å². The second-order valence-electron chi connectivity index (χ2n) is 5.20. The van der Waals surface area contributed by atoms with E-state index in [-0.39, 0.29) is 23.7 Å². The molecule has 2 rings (SSSR count). The van der Waals surface area contributed by atoms with Gasteiger partial charge < -0.3 is 16.2 Å². The molecular weight excluding hydrogens is 247 g/mol. The zero-order valence-corrected chi connectivity index (χ0v) is 10.8. The van der Waals surface area contributed by atoms with Gasteiger partial charge in [-0.15, -0.1) is 0 Å². The third kappa shape index (κ3) is 3.44. The molecule has 1 aliphatic rings. The zero-order valence-electron chi connectivity index (χ0n) is 10.8. The Morgan fingerprint density at radius 3 is 2.68 bits per heavy atom. The SMILES string of the molecule is Nc1cc(F)ccc1C(=O)NCC1(O)CCCCC1. The van der Waals surface area contributed by atoms with E-state index in [1.165, 1.54) is 12.1 Å². The Morgan fingerprint density at radius 2 is 2.05 bits per heavy atom. The van der Waals surface area contributed by atoms with Crippen molar-refractivity contribution in [3.63, 3.8) is 0 Å². The van der Waals surface area contributed by atoms with Crippen molar-refractivity contribution in [2.75, 3.05) is 12.3 Å². The minimum atomic E-state index is -0.817. The van der Waals surface area contributed by atoms with Crippen molar-refractivity contribution in [1.29, 1.82) is 0 Å². The van der Waals surface area contributed by atoms with Crippen molar-refractivity contribution in [2.45, 2.75) is 37.7 Å². The first-order valence-electron chi connectivity index (χ1n) is 6.56. The normalized spacial score (nSPS) is 18.0. The molecule has 104 valence electrons. The van der Waals surface area contributed by atoms with Crippen LogP contribution in [0.25, 0.3) is 0 Å². The van der Waals surface area contributed by atoms with E-state index in [4.69, 9.17) is 5.73 Å². The van der Waals surface area contributed by atoms with Gasteiger partial charge in [0.2, 0.25) is 0 Å². The van der Waals surface area contributed by atoms with E-state index in [0.717, 1.165) is 25.3 Å². The fourth-order valence-corrected chi connectivity index (χ4v) is 2.47. The van der Waals surface area contributed by atoms with Crippen LogP contribution in [0.1, 0.15) is 42.5 Å². The maximum atomic E-state index is 12.9. The highest BCUT2D eigenvalue weighted by Crippen LogP contribution is 2.27. The summed E-state index contributed by atoms with van der Waals surface area (Å²) in [6, 6.07) is 3.66. The second-order valence-corrected chi connectivity index (χ2v) is 5.20. The first kappa shape index (κ1) is 13.8. The molecule has 5 heteroatoms. The number of carbonyl (C=O) groups is 1. The van der Waals surface area contributed by atoms with Gasteiger partial charge in [-0.1, -0.05) is 19.3 Å². The molecule has 19 heavy (non-hydrogen) atoms. The number of nitrogens with two attached hydrogens (primary N) is 1. The van der Waals surface area contributed by atoms with Crippen LogP contribution in [-0.2, 0) is 0 Å². The summed E-state index contributed by atoms with van der Waals surface area (Å²) in [5.41, 5.74) is 5.13. The van der Waals surface area contributed by atoms with Crippen molar-refractivity contribution in [1.82, 2.24) is 5.32 Å². The third-order valence-corrected chi connectivity index (χ3v) is 3.62. The molecule has 0 radical (unpaired) electrons. The number of halogens is 1. The minimum Gasteiger partial charge on any atom is -0.398 e. The van der Waals surface area contributed by atoms with Crippen LogP contribution in [0.2, 0.25) is 0 Å². The van der Waals surface area contributed by atoms with Crippen LogP contribution in [0.15, 0.2) is 18.2 Å². The fourth-order valence-electron chi connectivity index (χ4n) is 2.47. The lowest BCUT2D eigenvalue weighted by molar-refractivity contribution is 0.00526. The van der Waals surface area contributed by atoms with Gasteiger partial charge in [-0.2, -0.15) is 0 Å². The molecule has 0 bridgehead atoms. The predicted molar refractivity (Wildman–Crippen MR) is 71.2 cm³/mol. The summed E-state index contributed by atoms with van der Waals surface area (Å²) in [6.07, 6.45) is 4.48. The van der Waals surface area contributed by atoms with Gasteiger partial charge in [-0.3, -0.25) is 4.79 Å². The summed E-state index contributed by atoms with van der Waals surface area (Å²) < 4.78 is 12.9. The molecule has 1 fully saturated rings. The fraction of sp³-hybridized carbons (Fsp3) is 0.500. The van der Waals surface area contributed by atoms with Crippen molar-refractivity contribution in [2.24, 2.45) is 0 Å². The number of nitrogen functional groups attached to an aromatic ring is 1. The van der Waals surface area contributed by atoms with Gasteiger partial charge in [0.1, 0.15) is 5.82 Å². The Bertz CT molecular complexity index is 471. The summed E-state index contributed by atoms with van der Waals surface area (Å²) >= 11 is 0. The molecule has 1 aromatic carbocycles. The second kappa shape index (κ2) is 5.57. The lowest BCUT2D eigenvalue weighted by Crippen LogP contribution is -2.44. The molecule has 0 heterocycles. The number of hydrogen-bond donors (Lipinski definition) is 3. The van der Waals surface area contributed by atoms with Crippen LogP contribution in [0.5, 0.6) is 0 Å². The highest BCUT2D eigenvalue weighted by atomic mass is 19.1. The Kier molecular flexibility index (Phi) is 4.04. The predicted octanol–water partition coefficient (Wildman–Crippen LogP) is 1.83. The standard InChI is InChI=1S/C14H19FN2O2/c15-10-4-5-11(12(16)8-10)13(18)17-9-14(19)6-2-1-3-7-14/h4-5,8,19H,1-3,6-7,9,16H2,(H,17,18). The molecule has 1 amide bonds. The molecule has 4 nitrogen and oxygen atoms in total. The highest BCUT2D eigenvalue weighted by molar-refractivity contribution is 5.99. The number of hydrogen-bond acceptors (Lipinski definition) is 3. The van der Waals surface area contributed by atoms with Gasteiger partial charge in [0.05, 0.1) is 11.2 Å². The van der Waals surface area contributed by atoms with E-state index in [1.54, 1.807) is 0 Å². The average Bonchev–Trinajstić information content (AvgIpc) is 2.37. The summed E-state index contributed by atoms with van der Waals surface area (Å²) in [5, 5.41) is 13.0. The lowest BCUT2D eigenvalue weighted by Gasteiger charge is -2.32. The van der Waals surface area contributed by atoms with Crippen LogP contribution in [0, 0.1) is 5.82 Å². The molecule has 0 unspecified atom stereocenters. The molecule has 4 N–H and O–H groups in total. The number of benzene rings is 1. The molecule has 1 saturated carbocycles. The third-order valence-electron chi connectivity index (χ3n) is 3.62. The zero-order chi connectivity index (χ0) is 13.9. The van der Waals surface area contributed by atoms with Gasteiger partial charge >= 0.3 is 0 Å². The molecule has 0 atom stereocenters. The monoisotopic (exact) mass is 266 g/mol. The molecule has 1 aromatic rings. The van der Waals surface area contributed by atoms with E-state index in [0.29, 0.717) is 12.8 Å². The highest BCUT2D eigenvalue weighted by Gasteiger charge is 2.29. The summed E-state index contributed by atoms with van der Waals surface area (Å²) in [6.45, 7) is 0.211. The molecule has 0 aliphatic heterocycles. The molecule has 1 aliphatic carbocycles. The van der Waals surface area contributed by atoms with Gasteiger partial charge in [0, 0.05) is 12.2 Å². The molecule has 0 spiro atoms. The topological polar surface area (TPSA) is 75.4 Å².